The molecule has 0 fully saturated rings. The first-order valence-electron chi connectivity index (χ1n) is 10.7. The lowest BCUT2D eigenvalue weighted by atomic mass is 10.0. The number of ether oxygens (including phenoxy) is 1. The fourth-order valence-corrected chi connectivity index (χ4v) is 8.34. The van der Waals surface area contributed by atoms with E-state index >= 15 is 0 Å². The molecule has 5 aromatic rings. The van der Waals surface area contributed by atoms with Crippen LogP contribution in [0.25, 0.3) is 22.0 Å². The van der Waals surface area contributed by atoms with E-state index in [-0.39, 0.29) is 0 Å². The van der Waals surface area contributed by atoms with Gasteiger partial charge in [0.25, 0.3) is 0 Å². The molecule has 1 atom stereocenters. The van der Waals surface area contributed by atoms with Gasteiger partial charge in [0.1, 0.15) is 21.2 Å². The predicted octanol–water partition coefficient (Wildman–Crippen LogP) is 3.99. The third-order valence-electron chi connectivity index (χ3n) is 6.36. The van der Waals surface area contributed by atoms with Gasteiger partial charge in [-0.1, -0.05) is 84.0 Å². The lowest BCUT2D eigenvalue weighted by Crippen LogP contribution is -2.54. The van der Waals surface area contributed by atoms with Crippen molar-refractivity contribution in [3.05, 3.63) is 109 Å². The van der Waals surface area contributed by atoms with Crippen LogP contribution in [0.15, 0.2) is 103 Å². The van der Waals surface area contributed by atoms with Crippen LogP contribution in [0.3, 0.4) is 0 Å². The van der Waals surface area contributed by atoms with Gasteiger partial charge in [-0.2, -0.15) is 0 Å². The zero-order valence-corrected chi connectivity index (χ0v) is 18.6. The maximum absolute atomic E-state index is 6.20. The molecular weight excluding hydrogens is 394 g/mol. The number of hydrogen-bond acceptors (Lipinski definition) is 1. The van der Waals surface area contributed by atoms with E-state index in [0.717, 1.165) is 5.75 Å². The number of benzene rings is 4. The summed E-state index contributed by atoms with van der Waals surface area (Å²) in [6.45, 7) is 0.583. The van der Waals surface area contributed by atoms with Gasteiger partial charge in [0, 0.05) is 29.7 Å². The van der Waals surface area contributed by atoms with Gasteiger partial charge in [-0.15, -0.1) is 0 Å². The zero-order valence-electron chi connectivity index (χ0n) is 17.5. The van der Waals surface area contributed by atoms with E-state index in [9.17, 15) is 0 Å². The molecule has 6 rings (SSSR count). The van der Waals surface area contributed by atoms with Crippen LogP contribution in [0.1, 0.15) is 5.56 Å². The summed E-state index contributed by atoms with van der Waals surface area (Å²) in [5.41, 5.74) is 5.15. The van der Waals surface area contributed by atoms with Crippen molar-refractivity contribution in [2.75, 3.05) is 0 Å². The quantitative estimate of drug-likeness (QED) is 0.396. The Bertz CT molecular complexity index is 1390. The molecule has 1 aliphatic heterocycles. The van der Waals surface area contributed by atoms with Crippen LogP contribution < -0.4 is 20.3 Å². The molecule has 0 bridgehead atoms. The fourth-order valence-electron chi connectivity index (χ4n) is 4.94. The van der Waals surface area contributed by atoms with Crippen LogP contribution in [-0.4, -0.2) is 13.4 Å². The average Bonchev–Trinajstić information content (AvgIpc) is 3.17. The molecule has 2 nitrogen and oxygen atoms in total. The normalized spacial score (nSPS) is 14.4. The highest BCUT2D eigenvalue weighted by Gasteiger charge is 2.31. The third kappa shape index (κ3) is 3.01. The third-order valence-corrected chi connectivity index (χ3v) is 9.65. The molecule has 0 saturated heterocycles. The van der Waals surface area contributed by atoms with Crippen molar-refractivity contribution in [3.63, 3.8) is 0 Å². The minimum absolute atomic E-state index is 0.583. The Morgan fingerprint density at radius 2 is 1.52 bits per heavy atom. The number of nitrogens with zero attached hydrogens (tertiary/aromatic N) is 1. The van der Waals surface area contributed by atoms with Gasteiger partial charge in [0.2, 0.25) is 0 Å². The maximum atomic E-state index is 6.20. The lowest BCUT2D eigenvalue weighted by molar-refractivity contribution is 0.306. The highest BCUT2D eigenvalue weighted by Crippen LogP contribution is 2.33. The first-order valence-corrected chi connectivity index (χ1v) is 12.5. The Hall–Kier alpha value is -3.56. The molecule has 0 N–H and O–H groups in total. The standard InChI is InChI=1S/C28H23NOSi/c1-29-18-24-23-17-21(30-19-20-9-4-2-5-10-20)15-16-26(23)31(22-11-6-3-7-12-22)27-14-8-13-25(29)28(24)27/h2-18,31H,19H2,1H3/t31-/m0/s1. The Balaban J connectivity index is 1.51. The van der Waals surface area contributed by atoms with E-state index in [1.165, 1.54) is 43.2 Å². The van der Waals surface area contributed by atoms with E-state index in [4.69, 9.17) is 4.74 Å². The largest absolute Gasteiger partial charge is 0.489 e. The minimum Gasteiger partial charge on any atom is -0.489 e. The summed E-state index contributed by atoms with van der Waals surface area (Å²) in [4.78, 5) is 0. The van der Waals surface area contributed by atoms with Crippen molar-refractivity contribution in [1.29, 1.82) is 0 Å². The Labute approximate surface area is 184 Å². The van der Waals surface area contributed by atoms with E-state index in [0.29, 0.717) is 6.61 Å². The molecule has 1 aliphatic rings. The summed E-state index contributed by atoms with van der Waals surface area (Å²) < 4.78 is 8.46. The average molecular weight is 418 g/mol. The molecule has 0 spiro atoms. The molecule has 0 radical (unpaired) electrons. The van der Waals surface area contributed by atoms with Gasteiger partial charge in [-0.05, 0) is 39.7 Å². The molecule has 0 aliphatic carbocycles. The SMILES string of the molecule is Cn1cc2c3c(cccc31)[Si@@H](c1ccccc1)c1ccc(OCc3ccccc3)cc1-2. The predicted molar refractivity (Wildman–Crippen MR) is 132 cm³/mol. The van der Waals surface area contributed by atoms with E-state index in [1.54, 1.807) is 0 Å². The number of aromatic nitrogens is 1. The second kappa shape index (κ2) is 7.29. The van der Waals surface area contributed by atoms with Gasteiger partial charge in [0.15, 0.2) is 0 Å². The molecule has 3 heteroatoms. The fraction of sp³-hybridized carbons (Fsp3) is 0.0714. The van der Waals surface area contributed by atoms with Gasteiger partial charge >= 0.3 is 0 Å². The highest BCUT2D eigenvalue weighted by molar-refractivity contribution is 6.98. The molecule has 1 aromatic heterocycles. The molecule has 4 aromatic carbocycles. The van der Waals surface area contributed by atoms with E-state index in [1.807, 2.05) is 6.07 Å². The summed E-state index contributed by atoms with van der Waals surface area (Å²) >= 11 is 0. The highest BCUT2D eigenvalue weighted by atomic mass is 28.3. The van der Waals surface area contributed by atoms with Crippen molar-refractivity contribution in [2.45, 2.75) is 6.61 Å². The second-order valence-corrected chi connectivity index (χ2v) is 11.0. The number of fused-ring (bicyclic) bond motifs is 2. The molecule has 2 heterocycles. The Morgan fingerprint density at radius 1 is 0.742 bits per heavy atom. The van der Waals surface area contributed by atoms with E-state index < -0.39 is 8.80 Å². The first kappa shape index (κ1) is 18.2. The monoisotopic (exact) mass is 417 g/mol. The van der Waals surface area contributed by atoms with Crippen LogP contribution in [-0.2, 0) is 13.7 Å². The molecular formula is C28H23NOSi. The van der Waals surface area contributed by atoms with Gasteiger partial charge in [0.05, 0.1) is 0 Å². The van der Waals surface area contributed by atoms with Gasteiger partial charge < -0.3 is 9.30 Å². The van der Waals surface area contributed by atoms with E-state index in [2.05, 4.69) is 109 Å². The van der Waals surface area contributed by atoms with Crippen molar-refractivity contribution in [1.82, 2.24) is 4.57 Å². The van der Waals surface area contributed by atoms with Crippen LogP contribution in [0.4, 0.5) is 0 Å². The lowest BCUT2D eigenvalue weighted by Gasteiger charge is -2.26. The molecule has 0 amide bonds. The molecule has 0 saturated carbocycles. The van der Waals surface area contributed by atoms with Gasteiger partial charge in [-0.3, -0.25) is 0 Å². The minimum atomic E-state index is -1.56. The van der Waals surface area contributed by atoms with Crippen molar-refractivity contribution < 1.29 is 4.74 Å². The van der Waals surface area contributed by atoms with Crippen LogP contribution in [0, 0.1) is 0 Å². The Kier molecular flexibility index (Phi) is 4.29. The van der Waals surface area contributed by atoms with Gasteiger partial charge in [-0.25, -0.2) is 0 Å². The number of hydrogen-bond donors (Lipinski definition) is 0. The van der Waals surface area contributed by atoms with Crippen LogP contribution >= 0.6 is 0 Å². The summed E-state index contributed by atoms with van der Waals surface area (Å²) in [5.74, 6) is 0.930. The molecule has 31 heavy (non-hydrogen) atoms. The summed E-state index contributed by atoms with van der Waals surface area (Å²) in [6.07, 6.45) is 2.28. The molecule has 150 valence electrons. The van der Waals surface area contributed by atoms with Crippen molar-refractivity contribution in [2.24, 2.45) is 7.05 Å². The number of aryl methyl sites for hydroxylation is 1. The van der Waals surface area contributed by atoms with Crippen LogP contribution in [0.2, 0.25) is 0 Å². The van der Waals surface area contributed by atoms with Crippen molar-refractivity contribution >= 4 is 35.3 Å². The van der Waals surface area contributed by atoms with Crippen molar-refractivity contribution in [3.8, 4) is 16.9 Å². The second-order valence-electron chi connectivity index (χ2n) is 8.26. The maximum Gasteiger partial charge on any atom is 0.134 e. The number of rotatable bonds is 4. The zero-order chi connectivity index (χ0) is 20.8. The Morgan fingerprint density at radius 3 is 2.32 bits per heavy atom. The smallest absolute Gasteiger partial charge is 0.134 e. The summed E-state index contributed by atoms with van der Waals surface area (Å²) in [5, 5.41) is 5.87. The topological polar surface area (TPSA) is 14.2 Å². The molecule has 0 unspecified atom stereocenters. The summed E-state index contributed by atoms with van der Waals surface area (Å²) in [6, 6.07) is 34.9. The first-order chi connectivity index (χ1) is 15.3. The van der Waals surface area contributed by atoms with Crippen LogP contribution in [0.5, 0.6) is 5.75 Å². The summed E-state index contributed by atoms with van der Waals surface area (Å²) in [7, 11) is 0.592.